The summed E-state index contributed by atoms with van der Waals surface area (Å²) in [7, 11) is 0. The van der Waals surface area contributed by atoms with E-state index in [1.165, 1.54) is 0 Å². The minimum atomic E-state index is -0.538. The highest BCUT2D eigenvalue weighted by Gasteiger charge is 2.28. The van der Waals surface area contributed by atoms with Gasteiger partial charge in [-0.1, -0.05) is 6.92 Å². The topological polar surface area (TPSA) is 56.8 Å². The Bertz CT molecular complexity index is 339. The molecule has 1 aromatic heterocycles. The Morgan fingerprint density at radius 1 is 1.50 bits per heavy atom. The Morgan fingerprint density at radius 2 is 2.33 bits per heavy atom. The van der Waals surface area contributed by atoms with Crippen molar-refractivity contribution in [3.05, 3.63) is 24.2 Å². The van der Waals surface area contributed by atoms with E-state index < -0.39 is 6.10 Å². The molecular weight excluding hydrogens is 230 g/mol. The van der Waals surface area contributed by atoms with Crippen molar-refractivity contribution in [3.8, 4) is 0 Å². The Morgan fingerprint density at radius 3 is 3.00 bits per heavy atom. The maximum atomic E-state index is 10.1. The lowest BCUT2D eigenvalue weighted by Crippen LogP contribution is -2.36. The van der Waals surface area contributed by atoms with Gasteiger partial charge in [-0.25, -0.2) is 0 Å². The number of rotatable bonds is 6. The molecule has 4 heteroatoms. The molecule has 102 valence electrons. The van der Waals surface area contributed by atoms with E-state index in [0.29, 0.717) is 24.8 Å². The van der Waals surface area contributed by atoms with E-state index in [9.17, 15) is 10.2 Å². The van der Waals surface area contributed by atoms with Gasteiger partial charge in [0.1, 0.15) is 11.9 Å². The Hall–Kier alpha value is -0.840. The van der Waals surface area contributed by atoms with E-state index in [2.05, 4.69) is 4.90 Å². The average molecular weight is 253 g/mol. The van der Waals surface area contributed by atoms with Crippen LogP contribution in [-0.2, 0) is 0 Å². The second-order valence-electron chi connectivity index (χ2n) is 5.12. The van der Waals surface area contributed by atoms with Crippen molar-refractivity contribution in [2.45, 2.75) is 50.9 Å². The van der Waals surface area contributed by atoms with Crippen LogP contribution in [0.4, 0.5) is 0 Å². The molecule has 0 bridgehead atoms. The Kier molecular flexibility index (Phi) is 4.80. The summed E-state index contributed by atoms with van der Waals surface area (Å²) in [4.78, 5) is 2.29. The van der Waals surface area contributed by atoms with Crippen molar-refractivity contribution in [3.63, 3.8) is 0 Å². The van der Waals surface area contributed by atoms with Crippen LogP contribution in [0.3, 0.4) is 0 Å². The average Bonchev–Trinajstić information content (AvgIpc) is 3.01. The van der Waals surface area contributed by atoms with Crippen LogP contribution < -0.4 is 0 Å². The van der Waals surface area contributed by atoms with Gasteiger partial charge in [-0.15, -0.1) is 0 Å². The van der Waals surface area contributed by atoms with Gasteiger partial charge in [0.25, 0.3) is 0 Å². The monoisotopic (exact) mass is 253 g/mol. The minimum absolute atomic E-state index is 0.258. The van der Waals surface area contributed by atoms with Gasteiger partial charge in [-0.3, -0.25) is 4.90 Å². The quantitative estimate of drug-likeness (QED) is 0.813. The van der Waals surface area contributed by atoms with E-state index in [4.69, 9.17) is 4.42 Å². The summed E-state index contributed by atoms with van der Waals surface area (Å²) < 4.78 is 5.23. The first-order valence-electron chi connectivity index (χ1n) is 6.84. The van der Waals surface area contributed by atoms with E-state index >= 15 is 0 Å². The number of furan rings is 1. The molecule has 0 aromatic carbocycles. The summed E-state index contributed by atoms with van der Waals surface area (Å²) in [5.74, 6) is 0.637. The molecule has 0 spiro atoms. The van der Waals surface area contributed by atoms with Crippen LogP contribution in [0.15, 0.2) is 22.8 Å². The van der Waals surface area contributed by atoms with Crippen LogP contribution >= 0.6 is 0 Å². The SMILES string of the molecule is CC[C@@H](O)CN1CCCC1CC(O)c1ccco1. The lowest BCUT2D eigenvalue weighted by atomic mass is 10.0. The summed E-state index contributed by atoms with van der Waals surface area (Å²) >= 11 is 0. The molecule has 2 rings (SSSR count). The standard InChI is InChI=1S/C14H23NO3/c1-2-12(16)10-15-7-3-5-11(15)9-13(17)14-6-4-8-18-14/h4,6,8,11-13,16-17H,2-3,5,7,9-10H2,1H3/t11?,12-,13?/m1/s1. The van der Waals surface area contributed by atoms with Gasteiger partial charge in [-0.05, 0) is 44.4 Å². The van der Waals surface area contributed by atoms with Gasteiger partial charge in [0.2, 0.25) is 0 Å². The first kappa shape index (κ1) is 13.6. The van der Waals surface area contributed by atoms with Gasteiger partial charge >= 0.3 is 0 Å². The fourth-order valence-electron chi connectivity index (χ4n) is 2.66. The molecule has 3 atom stereocenters. The van der Waals surface area contributed by atoms with Crippen molar-refractivity contribution in [2.75, 3.05) is 13.1 Å². The van der Waals surface area contributed by atoms with Crippen molar-refractivity contribution in [1.29, 1.82) is 0 Å². The molecule has 18 heavy (non-hydrogen) atoms. The summed E-state index contributed by atoms with van der Waals surface area (Å²) in [5.41, 5.74) is 0. The third-order valence-corrected chi connectivity index (χ3v) is 3.78. The fraction of sp³-hybridized carbons (Fsp3) is 0.714. The number of likely N-dealkylation sites (tertiary alicyclic amines) is 1. The van der Waals surface area contributed by atoms with Crippen LogP contribution in [0.25, 0.3) is 0 Å². The van der Waals surface area contributed by atoms with Crippen LogP contribution in [0, 0.1) is 0 Å². The summed E-state index contributed by atoms with van der Waals surface area (Å²) in [6.45, 7) is 3.73. The summed E-state index contributed by atoms with van der Waals surface area (Å²) in [5, 5.41) is 19.8. The number of aliphatic hydroxyl groups excluding tert-OH is 2. The summed E-state index contributed by atoms with van der Waals surface area (Å²) in [6.07, 6.45) is 4.50. The second-order valence-corrected chi connectivity index (χ2v) is 5.12. The first-order valence-corrected chi connectivity index (χ1v) is 6.84. The molecular formula is C14H23NO3. The van der Waals surface area contributed by atoms with Crippen LogP contribution in [0.1, 0.15) is 44.5 Å². The van der Waals surface area contributed by atoms with Crippen LogP contribution in [-0.4, -0.2) is 40.3 Å². The Labute approximate surface area is 108 Å². The lowest BCUT2D eigenvalue weighted by molar-refractivity contribution is 0.0696. The first-order chi connectivity index (χ1) is 8.70. The van der Waals surface area contributed by atoms with Crippen molar-refractivity contribution in [1.82, 2.24) is 4.90 Å². The second kappa shape index (κ2) is 6.36. The zero-order valence-corrected chi connectivity index (χ0v) is 11.0. The van der Waals surface area contributed by atoms with Gasteiger partial charge < -0.3 is 14.6 Å². The van der Waals surface area contributed by atoms with E-state index in [0.717, 1.165) is 25.8 Å². The Balaban J connectivity index is 1.87. The highest BCUT2D eigenvalue weighted by Crippen LogP contribution is 2.27. The molecule has 0 amide bonds. The maximum Gasteiger partial charge on any atom is 0.132 e. The molecule has 2 unspecified atom stereocenters. The van der Waals surface area contributed by atoms with Crippen molar-refractivity contribution < 1.29 is 14.6 Å². The fourth-order valence-corrected chi connectivity index (χ4v) is 2.66. The highest BCUT2D eigenvalue weighted by atomic mass is 16.4. The normalized spacial score (nSPS) is 24.3. The molecule has 1 aromatic rings. The number of nitrogens with zero attached hydrogens (tertiary/aromatic N) is 1. The third kappa shape index (κ3) is 3.34. The zero-order valence-electron chi connectivity index (χ0n) is 11.0. The van der Waals surface area contributed by atoms with Crippen LogP contribution in [0.5, 0.6) is 0 Å². The summed E-state index contributed by atoms with van der Waals surface area (Å²) in [6, 6.07) is 3.96. The highest BCUT2D eigenvalue weighted by molar-refractivity contribution is 5.02. The molecule has 1 fully saturated rings. The number of aliphatic hydroxyl groups is 2. The largest absolute Gasteiger partial charge is 0.467 e. The van der Waals surface area contributed by atoms with E-state index in [1.54, 1.807) is 12.3 Å². The van der Waals surface area contributed by atoms with Gasteiger partial charge in [0.15, 0.2) is 0 Å². The molecule has 2 N–H and O–H groups in total. The number of β-amino-alcohol motifs (C(OH)–C–C–N with tert-alkyl or cyclic N) is 1. The molecule has 0 saturated carbocycles. The van der Waals surface area contributed by atoms with Gasteiger partial charge in [0, 0.05) is 12.6 Å². The van der Waals surface area contributed by atoms with E-state index in [1.807, 2.05) is 13.0 Å². The molecule has 1 saturated heterocycles. The lowest BCUT2D eigenvalue weighted by Gasteiger charge is -2.27. The third-order valence-electron chi connectivity index (χ3n) is 3.78. The smallest absolute Gasteiger partial charge is 0.132 e. The zero-order chi connectivity index (χ0) is 13.0. The number of hydrogen-bond acceptors (Lipinski definition) is 4. The molecule has 2 heterocycles. The van der Waals surface area contributed by atoms with Crippen molar-refractivity contribution >= 4 is 0 Å². The molecule has 1 aliphatic rings. The van der Waals surface area contributed by atoms with Crippen molar-refractivity contribution in [2.24, 2.45) is 0 Å². The van der Waals surface area contributed by atoms with Crippen LogP contribution in [0.2, 0.25) is 0 Å². The molecule has 0 aliphatic carbocycles. The molecule has 0 radical (unpaired) electrons. The van der Waals surface area contributed by atoms with Gasteiger partial charge in [0.05, 0.1) is 12.4 Å². The van der Waals surface area contributed by atoms with Gasteiger partial charge in [-0.2, -0.15) is 0 Å². The predicted octanol–water partition coefficient (Wildman–Crippen LogP) is 1.94. The van der Waals surface area contributed by atoms with E-state index in [-0.39, 0.29) is 6.10 Å². The maximum absolute atomic E-state index is 10.1. The number of hydrogen-bond donors (Lipinski definition) is 2. The molecule has 4 nitrogen and oxygen atoms in total. The minimum Gasteiger partial charge on any atom is -0.467 e. The molecule has 1 aliphatic heterocycles. The predicted molar refractivity (Wildman–Crippen MR) is 69.2 cm³/mol.